The molecule has 3 aliphatic rings. The van der Waals surface area contributed by atoms with Gasteiger partial charge < -0.3 is 9.47 Å². The molecule has 2 heteroatoms. The minimum atomic E-state index is 0.420. The highest BCUT2D eigenvalue weighted by Crippen LogP contribution is 2.49. The van der Waals surface area contributed by atoms with Crippen molar-refractivity contribution in [2.24, 2.45) is 23.2 Å². The second-order valence-corrected chi connectivity index (χ2v) is 8.54. The molecule has 1 unspecified atom stereocenters. The van der Waals surface area contributed by atoms with Crippen LogP contribution in [0.3, 0.4) is 0 Å². The van der Waals surface area contributed by atoms with Crippen LogP contribution < -0.4 is 0 Å². The quantitative estimate of drug-likeness (QED) is 0.678. The van der Waals surface area contributed by atoms with Crippen LogP contribution >= 0.6 is 0 Å². The van der Waals surface area contributed by atoms with Crippen LogP contribution in [0.4, 0.5) is 0 Å². The van der Waals surface area contributed by atoms with E-state index >= 15 is 0 Å². The molecule has 0 aromatic rings. The fourth-order valence-corrected chi connectivity index (χ4v) is 4.72. The Balaban J connectivity index is 1.45. The molecule has 3 rings (SSSR count). The summed E-state index contributed by atoms with van der Waals surface area (Å²) in [5.41, 5.74) is 0.532. The molecule has 3 fully saturated rings. The van der Waals surface area contributed by atoms with Gasteiger partial charge in [0.1, 0.15) is 6.10 Å². The molecule has 0 aromatic carbocycles. The Morgan fingerprint density at radius 1 is 0.905 bits per heavy atom. The third kappa shape index (κ3) is 4.01. The van der Waals surface area contributed by atoms with Crippen molar-refractivity contribution in [1.29, 1.82) is 0 Å². The zero-order valence-electron chi connectivity index (χ0n) is 14.3. The van der Waals surface area contributed by atoms with Gasteiger partial charge in [-0.15, -0.1) is 0 Å². The van der Waals surface area contributed by atoms with Crippen molar-refractivity contribution >= 4 is 0 Å². The summed E-state index contributed by atoms with van der Waals surface area (Å²) in [6.45, 7) is 9.28. The zero-order valence-corrected chi connectivity index (χ0v) is 14.3. The fourth-order valence-electron chi connectivity index (χ4n) is 4.72. The summed E-state index contributed by atoms with van der Waals surface area (Å²) in [7, 11) is 0. The molecule has 21 heavy (non-hydrogen) atoms. The molecule has 0 spiro atoms. The number of hydrogen-bond donors (Lipinski definition) is 0. The van der Waals surface area contributed by atoms with Crippen molar-refractivity contribution in [2.75, 3.05) is 13.2 Å². The highest BCUT2D eigenvalue weighted by Gasteiger charge is 2.40. The van der Waals surface area contributed by atoms with Crippen LogP contribution in [-0.2, 0) is 9.47 Å². The van der Waals surface area contributed by atoms with Gasteiger partial charge in [0.05, 0.1) is 19.3 Å². The largest absolute Gasteiger partial charge is 0.375 e. The van der Waals surface area contributed by atoms with Gasteiger partial charge in [0.2, 0.25) is 0 Å². The van der Waals surface area contributed by atoms with Crippen molar-refractivity contribution in [3.63, 3.8) is 0 Å². The first-order valence-corrected chi connectivity index (χ1v) is 9.29. The van der Waals surface area contributed by atoms with Gasteiger partial charge in [-0.05, 0) is 61.7 Å². The van der Waals surface area contributed by atoms with Crippen molar-refractivity contribution in [3.05, 3.63) is 0 Å². The monoisotopic (exact) mass is 294 g/mol. The number of ether oxygens (including phenoxy) is 2. The molecule has 0 bridgehead atoms. The Bertz CT molecular complexity index is 318. The normalized spacial score (nSPS) is 41.0. The molecule has 1 aliphatic heterocycles. The standard InChI is InChI=1S/C19H34O2/c1-14-4-6-15(7-5-14)19(2,3)16-8-10-17(11-9-16)20-12-18-13-21-18/h14-18H,4-13H2,1-3H3. The SMILES string of the molecule is CC1CCC(C(C)(C)C2CCC(OCC3CO3)CC2)CC1. The van der Waals surface area contributed by atoms with Crippen LogP contribution in [0.25, 0.3) is 0 Å². The molecular weight excluding hydrogens is 260 g/mol. The summed E-state index contributed by atoms with van der Waals surface area (Å²) < 4.78 is 11.2. The summed E-state index contributed by atoms with van der Waals surface area (Å²) in [5.74, 6) is 2.83. The lowest BCUT2D eigenvalue weighted by Gasteiger charge is -2.46. The molecule has 2 aliphatic carbocycles. The third-order valence-electron chi connectivity index (χ3n) is 6.71. The van der Waals surface area contributed by atoms with Crippen molar-refractivity contribution in [3.8, 4) is 0 Å². The van der Waals surface area contributed by atoms with E-state index in [0.29, 0.717) is 17.6 Å². The maximum absolute atomic E-state index is 6.00. The molecule has 0 amide bonds. The predicted octanol–water partition coefficient (Wildman–Crippen LogP) is 4.81. The lowest BCUT2D eigenvalue weighted by molar-refractivity contribution is -0.0216. The highest BCUT2D eigenvalue weighted by molar-refractivity contribution is 4.90. The lowest BCUT2D eigenvalue weighted by atomic mass is 9.60. The molecule has 1 heterocycles. The van der Waals surface area contributed by atoms with E-state index in [9.17, 15) is 0 Å². The van der Waals surface area contributed by atoms with E-state index in [4.69, 9.17) is 9.47 Å². The van der Waals surface area contributed by atoms with Crippen LogP contribution in [0, 0.1) is 23.2 Å². The van der Waals surface area contributed by atoms with Crippen LogP contribution in [0.15, 0.2) is 0 Å². The Kier molecular flexibility index (Phi) is 4.95. The summed E-state index contributed by atoms with van der Waals surface area (Å²) in [4.78, 5) is 0. The number of epoxide rings is 1. The van der Waals surface area contributed by atoms with Crippen molar-refractivity contribution < 1.29 is 9.47 Å². The second kappa shape index (κ2) is 6.58. The Hall–Kier alpha value is -0.0800. The summed E-state index contributed by atoms with van der Waals surface area (Å²) in [6.07, 6.45) is 12.0. The molecule has 0 radical (unpaired) electrons. The van der Waals surface area contributed by atoms with E-state index in [-0.39, 0.29) is 0 Å². The zero-order chi connectivity index (χ0) is 14.9. The van der Waals surface area contributed by atoms with Gasteiger partial charge in [-0.25, -0.2) is 0 Å². The highest BCUT2D eigenvalue weighted by atomic mass is 16.6. The smallest absolute Gasteiger partial charge is 0.104 e. The fraction of sp³-hybridized carbons (Fsp3) is 1.00. The van der Waals surface area contributed by atoms with Crippen LogP contribution in [0.1, 0.15) is 72.1 Å². The summed E-state index contributed by atoms with van der Waals surface area (Å²) in [6, 6.07) is 0. The lowest BCUT2D eigenvalue weighted by Crippen LogP contribution is -2.38. The molecule has 1 saturated heterocycles. The predicted molar refractivity (Wildman–Crippen MR) is 86.3 cm³/mol. The van der Waals surface area contributed by atoms with E-state index in [1.54, 1.807) is 0 Å². The minimum Gasteiger partial charge on any atom is -0.375 e. The van der Waals surface area contributed by atoms with Crippen LogP contribution in [0.5, 0.6) is 0 Å². The first kappa shape index (κ1) is 15.8. The summed E-state index contributed by atoms with van der Waals surface area (Å²) in [5, 5.41) is 0. The number of rotatable bonds is 5. The van der Waals surface area contributed by atoms with E-state index in [0.717, 1.165) is 31.0 Å². The topological polar surface area (TPSA) is 21.8 Å². The van der Waals surface area contributed by atoms with Gasteiger partial charge in [-0.3, -0.25) is 0 Å². The molecule has 1 atom stereocenters. The first-order chi connectivity index (χ1) is 10.1. The van der Waals surface area contributed by atoms with Gasteiger partial charge in [0.25, 0.3) is 0 Å². The van der Waals surface area contributed by atoms with E-state index in [1.807, 2.05) is 0 Å². The maximum atomic E-state index is 6.00. The van der Waals surface area contributed by atoms with Crippen molar-refractivity contribution in [2.45, 2.75) is 84.3 Å². The van der Waals surface area contributed by atoms with E-state index in [1.165, 1.54) is 51.4 Å². The summed E-state index contributed by atoms with van der Waals surface area (Å²) >= 11 is 0. The Morgan fingerprint density at radius 2 is 1.43 bits per heavy atom. The Morgan fingerprint density at radius 3 is 1.95 bits per heavy atom. The minimum absolute atomic E-state index is 0.420. The Labute approximate surface area is 131 Å². The second-order valence-electron chi connectivity index (χ2n) is 8.54. The maximum Gasteiger partial charge on any atom is 0.104 e. The third-order valence-corrected chi connectivity index (χ3v) is 6.71. The first-order valence-electron chi connectivity index (χ1n) is 9.29. The number of hydrogen-bond acceptors (Lipinski definition) is 2. The molecule has 0 aromatic heterocycles. The molecule has 0 N–H and O–H groups in total. The molecule has 122 valence electrons. The molecule has 2 nitrogen and oxygen atoms in total. The average molecular weight is 294 g/mol. The van der Waals surface area contributed by atoms with Gasteiger partial charge in [-0.1, -0.05) is 33.6 Å². The van der Waals surface area contributed by atoms with E-state index in [2.05, 4.69) is 20.8 Å². The van der Waals surface area contributed by atoms with Crippen LogP contribution in [-0.4, -0.2) is 25.4 Å². The van der Waals surface area contributed by atoms with Gasteiger partial charge in [-0.2, -0.15) is 0 Å². The van der Waals surface area contributed by atoms with Gasteiger partial charge >= 0.3 is 0 Å². The van der Waals surface area contributed by atoms with Gasteiger partial charge in [0, 0.05) is 0 Å². The van der Waals surface area contributed by atoms with E-state index < -0.39 is 0 Å². The molecule has 2 saturated carbocycles. The van der Waals surface area contributed by atoms with Crippen molar-refractivity contribution in [1.82, 2.24) is 0 Å². The van der Waals surface area contributed by atoms with Crippen LogP contribution in [0.2, 0.25) is 0 Å². The van der Waals surface area contributed by atoms with Gasteiger partial charge in [0.15, 0.2) is 0 Å². The molecular formula is C19H34O2. The average Bonchev–Trinajstić information content (AvgIpc) is 3.30.